The van der Waals surface area contributed by atoms with Gasteiger partial charge in [-0.3, -0.25) is 14.5 Å². The Morgan fingerprint density at radius 1 is 1.37 bits per heavy atom. The molecule has 1 heterocycles. The molecular weight excluding hydrogens is 413 g/mol. The SMILES string of the molecule is CC(C)C(CC(O)C(N)CN1CC(=O)N(c2cc(Cl)ccc2F)CC1(C)C)C(=O)O. The number of anilines is 1. The fourth-order valence-electron chi connectivity index (χ4n) is 3.73. The molecule has 0 bridgehead atoms. The Morgan fingerprint density at radius 3 is 2.57 bits per heavy atom. The zero-order valence-corrected chi connectivity index (χ0v) is 18.6. The smallest absolute Gasteiger partial charge is 0.306 e. The first kappa shape index (κ1) is 24.5. The lowest BCUT2D eigenvalue weighted by Gasteiger charge is -2.47. The second-order valence-electron chi connectivity index (χ2n) is 8.92. The maximum absolute atomic E-state index is 14.3. The van der Waals surface area contributed by atoms with Gasteiger partial charge in [-0.25, -0.2) is 4.39 Å². The van der Waals surface area contributed by atoms with Crippen LogP contribution in [-0.4, -0.2) is 64.3 Å². The zero-order valence-electron chi connectivity index (χ0n) is 17.8. The summed E-state index contributed by atoms with van der Waals surface area (Å²) in [6.45, 7) is 7.79. The highest BCUT2D eigenvalue weighted by molar-refractivity contribution is 6.31. The number of hydrogen-bond donors (Lipinski definition) is 3. The number of hydrogen-bond acceptors (Lipinski definition) is 5. The number of piperazine rings is 1. The highest BCUT2D eigenvalue weighted by Gasteiger charge is 2.40. The molecule has 30 heavy (non-hydrogen) atoms. The van der Waals surface area contributed by atoms with Crippen molar-refractivity contribution >= 4 is 29.2 Å². The highest BCUT2D eigenvalue weighted by atomic mass is 35.5. The molecular formula is C21H31ClFN3O4. The van der Waals surface area contributed by atoms with Crippen molar-refractivity contribution < 1.29 is 24.2 Å². The van der Waals surface area contributed by atoms with Crippen LogP contribution in [0.3, 0.4) is 0 Å². The van der Waals surface area contributed by atoms with Gasteiger partial charge in [0.1, 0.15) is 5.82 Å². The first-order valence-electron chi connectivity index (χ1n) is 10.0. The zero-order chi connectivity index (χ0) is 22.8. The fourth-order valence-corrected chi connectivity index (χ4v) is 3.90. The number of rotatable bonds is 8. The number of nitrogens with two attached hydrogens (primary N) is 1. The summed E-state index contributed by atoms with van der Waals surface area (Å²) in [5.74, 6) is -2.65. The lowest BCUT2D eigenvalue weighted by atomic mass is 9.87. The molecule has 0 spiro atoms. The molecule has 1 aliphatic rings. The van der Waals surface area contributed by atoms with E-state index in [9.17, 15) is 24.2 Å². The number of carbonyl (C=O) groups is 2. The molecule has 2 rings (SSSR count). The van der Waals surface area contributed by atoms with Crippen LogP contribution in [0, 0.1) is 17.7 Å². The number of carboxylic acid groups (broad SMARTS) is 1. The molecule has 0 saturated carbocycles. The van der Waals surface area contributed by atoms with E-state index in [1.165, 1.54) is 23.1 Å². The van der Waals surface area contributed by atoms with Crippen LogP contribution in [-0.2, 0) is 9.59 Å². The number of halogens is 2. The molecule has 4 N–H and O–H groups in total. The molecule has 168 valence electrons. The van der Waals surface area contributed by atoms with Crippen LogP contribution in [0.2, 0.25) is 5.02 Å². The number of nitrogens with zero attached hydrogens (tertiary/aromatic N) is 2. The summed E-state index contributed by atoms with van der Waals surface area (Å²) < 4.78 is 14.3. The van der Waals surface area contributed by atoms with E-state index < -0.39 is 35.4 Å². The van der Waals surface area contributed by atoms with Gasteiger partial charge in [0.05, 0.1) is 24.3 Å². The minimum atomic E-state index is -1.03. The Hall–Kier alpha value is -1.74. The summed E-state index contributed by atoms with van der Waals surface area (Å²) in [5.41, 5.74) is 5.75. The van der Waals surface area contributed by atoms with Crippen LogP contribution in [0.15, 0.2) is 18.2 Å². The number of carboxylic acids is 1. The van der Waals surface area contributed by atoms with Crippen molar-refractivity contribution in [3.63, 3.8) is 0 Å². The topological polar surface area (TPSA) is 107 Å². The van der Waals surface area contributed by atoms with Crippen LogP contribution in [0.5, 0.6) is 0 Å². The molecule has 1 aromatic carbocycles. The quantitative estimate of drug-likeness (QED) is 0.569. The standard InChI is InChI=1S/C21H31ClFN3O4/c1-12(2)14(20(29)30)8-18(27)16(24)9-25-10-19(28)26(11-21(25,3)4)17-7-13(22)5-6-15(17)23/h5-7,12,14,16,18,27H,8-11,24H2,1-4H3,(H,29,30). The highest BCUT2D eigenvalue weighted by Crippen LogP contribution is 2.30. The Kier molecular flexibility index (Phi) is 7.85. The fraction of sp³-hybridized carbons (Fsp3) is 0.619. The Morgan fingerprint density at radius 2 is 2.00 bits per heavy atom. The largest absolute Gasteiger partial charge is 0.481 e. The molecule has 1 amide bonds. The summed E-state index contributed by atoms with van der Waals surface area (Å²) in [7, 11) is 0. The van der Waals surface area contributed by atoms with E-state index in [1.54, 1.807) is 13.8 Å². The van der Waals surface area contributed by atoms with Crippen molar-refractivity contribution in [2.24, 2.45) is 17.6 Å². The average Bonchev–Trinajstić information content (AvgIpc) is 2.63. The molecule has 1 aromatic rings. The summed E-state index contributed by atoms with van der Waals surface area (Å²) in [4.78, 5) is 27.4. The molecule has 9 heteroatoms. The van der Waals surface area contributed by atoms with Crippen molar-refractivity contribution in [2.45, 2.75) is 51.8 Å². The van der Waals surface area contributed by atoms with Crippen molar-refractivity contribution in [1.82, 2.24) is 4.90 Å². The van der Waals surface area contributed by atoms with Gasteiger partial charge >= 0.3 is 5.97 Å². The van der Waals surface area contributed by atoms with E-state index >= 15 is 0 Å². The van der Waals surface area contributed by atoms with Gasteiger partial charge in [0.25, 0.3) is 0 Å². The predicted octanol–water partition coefficient (Wildman–Crippen LogP) is 2.34. The summed E-state index contributed by atoms with van der Waals surface area (Å²) in [6, 6.07) is 3.35. The van der Waals surface area contributed by atoms with Crippen LogP contribution in [0.25, 0.3) is 0 Å². The van der Waals surface area contributed by atoms with E-state index in [0.717, 1.165) is 0 Å². The normalized spacial score (nSPS) is 20.3. The number of amides is 1. The van der Waals surface area contributed by atoms with Gasteiger partial charge in [-0.1, -0.05) is 25.4 Å². The maximum Gasteiger partial charge on any atom is 0.306 e. The summed E-state index contributed by atoms with van der Waals surface area (Å²) >= 11 is 5.97. The number of carbonyl (C=O) groups excluding carboxylic acids is 1. The molecule has 1 fully saturated rings. The van der Waals surface area contributed by atoms with Crippen molar-refractivity contribution in [1.29, 1.82) is 0 Å². The van der Waals surface area contributed by atoms with Gasteiger partial charge in [0.15, 0.2) is 0 Å². The first-order valence-corrected chi connectivity index (χ1v) is 10.4. The van der Waals surface area contributed by atoms with Gasteiger partial charge in [-0.2, -0.15) is 0 Å². The lowest BCUT2D eigenvalue weighted by molar-refractivity contribution is -0.144. The van der Waals surface area contributed by atoms with E-state index in [0.29, 0.717) is 5.02 Å². The third kappa shape index (κ3) is 5.69. The second kappa shape index (κ2) is 9.60. The average molecular weight is 444 g/mol. The predicted molar refractivity (Wildman–Crippen MR) is 114 cm³/mol. The van der Waals surface area contributed by atoms with Crippen LogP contribution < -0.4 is 10.6 Å². The first-order chi connectivity index (χ1) is 13.8. The van der Waals surface area contributed by atoms with E-state index in [2.05, 4.69) is 0 Å². The summed E-state index contributed by atoms with van der Waals surface area (Å²) in [5, 5.41) is 20.2. The molecule has 3 unspecified atom stereocenters. The summed E-state index contributed by atoms with van der Waals surface area (Å²) in [6.07, 6.45) is -0.987. The van der Waals surface area contributed by atoms with Crippen molar-refractivity contribution in [2.75, 3.05) is 24.5 Å². The van der Waals surface area contributed by atoms with Crippen LogP contribution in [0.4, 0.5) is 10.1 Å². The van der Waals surface area contributed by atoms with Gasteiger partial charge in [0.2, 0.25) is 5.91 Å². The Labute approximate surface area is 181 Å². The van der Waals surface area contributed by atoms with Crippen LogP contribution >= 0.6 is 11.6 Å². The molecule has 0 aromatic heterocycles. The molecule has 1 aliphatic heterocycles. The minimum absolute atomic E-state index is 0.00802. The second-order valence-corrected chi connectivity index (χ2v) is 9.36. The number of aliphatic carboxylic acids is 1. The van der Waals surface area contributed by atoms with Gasteiger partial charge in [0, 0.05) is 29.7 Å². The van der Waals surface area contributed by atoms with Gasteiger partial charge < -0.3 is 20.8 Å². The van der Waals surface area contributed by atoms with Crippen LogP contribution in [0.1, 0.15) is 34.1 Å². The monoisotopic (exact) mass is 443 g/mol. The van der Waals surface area contributed by atoms with E-state index in [-0.39, 0.29) is 43.6 Å². The third-order valence-corrected chi connectivity index (χ3v) is 6.01. The molecule has 0 aliphatic carbocycles. The molecule has 7 nitrogen and oxygen atoms in total. The lowest BCUT2D eigenvalue weighted by Crippen LogP contribution is -2.64. The third-order valence-electron chi connectivity index (χ3n) is 5.77. The molecule has 0 radical (unpaired) electrons. The number of benzene rings is 1. The van der Waals surface area contributed by atoms with Crippen molar-refractivity contribution in [3.8, 4) is 0 Å². The van der Waals surface area contributed by atoms with Crippen molar-refractivity contribution in [3.05, 3.63) is 29.0 Å². The Bertz CT molecular complexity index is 790. The number of aliphatic hydroxyl groups is 1. The molecule has 3 atom stereocenters. The maximum atomic E-state index is 14.3. The number of aliphatic hydroxyl groups excluding tert-OH is 1. The van der Waals surface area contributed by atoms with Gasteiger partial charge in [-0.15, -0.1) is 0 Å². The minimum Gasteiger partial charge on any atom is -0.481 e. The van der Waals surface area contributed by atoms with E-state index in [1.807, 2.05) is 18.7 Å². The van der Waals surface area contributed by atoms with E-state index in [4.69, 9.17) is 17.3 Å². The van der Waals surface area contributed by atoms with Gasteiger partial charge in [-0.05, 0) is 44.4 Å². The Balaban J connectivity index is 2.10. The molecule has 1 saturated heterocycles.